The van der Waals surface area contributed by atoms with Gasteiger partial charge in [-0.1, -0.05) is 18.2 Å². The van der Waals surface area contributed by atoms with Gasteiger partial charge in [0.15, 0.2) is 17.6 Å². The van der Waals surface area contributed by atoms with Gasteiger partial charge >= 0.3 is 5.97 Å². The van der Waals surface area contributed by atoms with E-state index in [1.54, 1.807) is 42.5 Å². The van der Waals surface area contributed by atoms with Crippen molar-refractivity contribution in [2.24, 2.45) is 0 Å². The van der Waals surface area contributed by atoms with Crippen molar-refractivity contribution in [1.29, 1.82) is 0 Å². The summed E-state index contributed by atoms with van der Waals surface area (Å²) in [4.78, 5) is 36.3. The molecule has 0 bridgehead atoms. The molecule has 9 heteroatoms. The number of esters is 1. The Morgan fingerprint density at radius 1 is 0.900 bits per heavy atom. The van der Waals surface area contributed by atoms with Gasteiger partial charge in [0.2, 0.25) is 5.75 Å². The summed E-state index contributed by atoms with van der Waals surface area (Å²) in [6.45, 7) is 1.40. The molecule has 0 fully saturated rings. The van der Waals surface area contributed by atoms with E-state index in [4.69, 9.17) is 18.9 Å². The van der Waals surface area contributed by atoms with Crippen molar-refractivity contribution in [3.63, 3.8) is 0 Å². The minimum absolute atomic E-state index is 0.120. The van der Waals surface area contributed by atoms with Crippen LogP contribution < -0.4 is 25.1 Å². The summed E-state index contributed by atoms with van der Waals surface area (Å²) in [6, 6.07) is 11.6. The largest absolute Gasteiger partial charge is 0.493 e. The average Bonchev–Trinajstić information content (AvgIpc) is 2.76. The summed E-state index contributed by atoms with van der Waals surface area (Å²) >= 11 is 0. The Hall–Kier alpha value is -3.75. The van der Waals surface area contributed by atoms with E-state index in [0.717, 1.165) is 0 Å². The molecule has 2 rings (SSSR count). The van der Waals surface area contributed by atoms with Crippen LogP contribution in [0.15, 0.2) is 42.5 Å². The molecule has 1 atom stereocenters. The fraction of sp³-hybridized carbons (Fsp3) is 0.286. The number of carbonyl (C=O) groups is 3. The van der Waals surface area contributed by atoms with Crippen LogP contribution in [0.3, 0.4) is 0 Å². The lowest BCUT2D eigenvalue weighted by atomic mass is 10.1. The maximum Gasteiger partial charge on any atom is 0.311 e. The van der Waals surface area contributed by atoms with E-state index in [2.05, 4.69) is 10.9 Å². The number of rotatable bonds is 8. The fourth-order valence-electron chi connectivity index (χ4n) is 2.58. The lowest BCUT2D eigenvalue weighted by Crippen LogP contribution is -2.46. The van der Waals surface area contributed by atoms with Gasteiger partial charge in [0.05, 0.1) is 27.8 Å². The van der Waals surface area contributed by atoms with Gasteiger partial charge in [0.25, 0.3) is 11.8 Å². The molecule has 0 radical (unpaired) electrons. The Morgan fingerprint density at radius 3 is 2.03 bits per heavy atom. The van der Waals surface area contributed by atoms with Crippen LogP contribution in [0.25, 0.3) is 0 Å². The van der Waals surface area contributed by atoms with Gasteiger partial charge in [0.1, 0.15) is 0 Å². The molecule has 9 nitrogen and oxygen atoms in total. The molecule has 2 N–H and O–H groups in total. The Kier molecular flexibility index (Phi) is 8.04. The lowest BCUT2D eigenvalue weighted by molar-refractivity contribution is -0.154. The third kappa shape index (κ3) is 5.87. The van der Waals surface area contributed by atoms with E-state index >= 15 is 0 Å². The molecule has 0 unspecified atom stereocenters. The number of benzene rings is 2. The third-order valence-corrected chi connectivity index (χ3v) is 4.09. The second-order valence-electron chi connectivity index (χ2n) is 6.15. The summed E-state index contributed by atoms with van der Waals surface area (Å²) < 4.78 is 20.9. The highest BCUT2D eigenvalue weighted by atomic mass is 16.5. The Morgan fingerprint density at radius 2 is 1.50 bits per heavy atom. The molecule has 2 aromatic rings. The Balaban J connectivity index is 1.92. The van der Waals surface area contributed by atoms with Crippen LogP contribution in [0.4, 0.5) is 0 Å². The average molecular weight is 416 g/mol. The second kappa shape index (κ2) is 10.7. The minimum Gasteiger partial charge on any atom is -0.493 e. The van der Waals surface area contributed by atoms with Crippen molar-refractivity contribution in [3.8, 4) is 17.2 Å². The topological polar surface area (TPSA) is 112 Å². The van der Waals surface area contributed by atoms with E-state index in [-0.39, 0.29) is 6.42 Å². The predicted molar refractivity (Wildman–Crippen MR) is 107 cm³/mol. The number of nitrogens with one attached hydrogen (secondary N) is 2. The summed E-state index contributed by atoms with van der Waals surface area (Å²) in [5.74, 6) is -0.596. The van der Waals surface area contributed by atoms with Crippen LogP contribution in [-0.4, -0.2) is 45.2 Å². The molecule has 0 aliphatic rings. The Labute approximate surface area is 174 Å². The lowest BCUT2D eigenvalue weighted by Gasteiger charge is -2.16. The maximum atomic E-state index is 12.2. The van der Waals surface area contributed by atoms with E-state index in [9.17, 15) is 14.4 Å². The van der Waals surface area contributed by atoms with Gasteiger partial charge in [-0.05, 0) is 36.8 Å². The first-order valence-electron chi connectivity index (χ1n) is 9.03. The smallest absolute Gasteiger partial charge is 0.311 e. The number of ether oxygens (including phenoxy) is 4. The monoisotopic (exact) mass is 416 g/mol. The molecule has 0 aromatic heterocycles. The van der Waals surface area contributed by atoms with Crippen LogP contribution in [0.2, 0.25) is 0 Å². The van der Waals surface area contributed by atoms with Crippen molar-refractivity contribution in [2.45, 2.75) is 19.4 Å². The molecular formula is C21H24N2O7. The van der Waals surface area contributed by atoms with Gasteiger partial charge in [-0.3, -0.25) is 25.2 Å². The number of hydrogen-bond donors (Lipinski definition) is 2. The molecule has 2 aromatic carbocycles. The quantitative estimate of drug-likeness (QED) is 0.497. The molecule has 0 saturated carbocycles. The normalized spacial score (nSPS) is 11.1. The van der Waals surface area contributed by atoms with Crippen LogP contribution >= 0.6 is 0 Å². The fourth-order valence-corrected chi connectivity index (χ4v) is 2.58. The molecule has 30 heavy (non-hydrogen) atoms. The van der Waals surface area contributed by atoms with Crippen LogP contribution in [0, 0.1) is 0 Å². The number of hydrogen-bond acceptors (Lipinski definition) is 7. The highest BCUT2D eigenvalue weighted by Gasteiger charge is 2.20. The first-order chi connectivity index (χ1) is 14.4. The van der Waals surface area contributed by atoms with Crippen LogP contribution in [0.5, 0.6) is 17.2 Å². The van der Waals surface area contributed by atoms with Crippen molar-refractivity contribution in [2.75, 3.05) is 21.3 Å². The molecule has 0 spiro atoms. The molecule has 2 amide bonds. The highest BCUT2D eigenvalue weighted by molar-refractivity contribution is 5.95. The molecule has 160 valence electrons. The van der Waals surface area contributed by atoms with E-state index < -0.39 is 23.9 Å². The molecule has 0 heterocycles. The van der Waals surface area contributed by atoms with Crippen molar-refractivity contribution < 1.29 is 33.3 Å². The molecule has 0 aliphatic carbocycles. The summed E-state index contributed by atoms with van der Waals surface area (Å²) in [5, 5.41) is 0. The third-order valence-electron chi connectivity index (χ3n) is 4.09. The second-order valence-corrected chi connectivity index (χ2v) is 6.15. The van der Waals surface area contributed by atoms with Crippen molar-refractivity contribution >= 4 is 17.8 Å². The molecule has 0 saturated heterocycles. The van der Waals surface area contributed by atoms with Gasteiger partial charge in [-0.15, -0.1) is 0 Å². The van der Waals surface area contributed by atoms with E-state index in [1.807, 2.05) is 0 Å². The predicted octanol–water partition coefficient (Wildman–Crippen LogP) is 1.65. The van der Waals surface area contributed by atoms with Crippen molar-refractivity contribution in [1.82, 2.24) is 10.9 Å². The van der Waals surface area contributed by atoms with Crippen LogP contribution in [0.1, 0.15) is 22.8 Å². The standard InChI is InChI=1S/C21H24N2O7/c1-13(20(25)22-23-21(26)15-8-6-5-7-9-15)30-18(24)12-14-10-16(27-2)19(29-4)17(11-14)28-3/h5-11,13H,12H2,1-4H3,(H,22,25)(H,23,26)/t13-/m0/s1. The zero-order valence-corrected chi connectivity index (χ0v) is 17.2. The van der Waals surface area contributed by atoms with Crippen molar-refractivity contribution in [3.05, 3.63) is 53.6 Å². The van der Waals surface area contributed by atoms with Gasteiger partial charge < -0.3 is 18.9 Å². The van der Waals surface area contributed by atoms with Crippen LogP contribution in [-0.2, 0) is 20.7 Å². The first-order valence-corrected chi connectivity index (χ1v) is 9.03. The first kappa shape index (κ1) is 22.5. The number of carbonyl (C=O) groups excluding carboxylic acids is 3. The number of amides is 2. The zero-order valence-electron chi connectivity index (χ0n) is 17.2. The summed E-state index contributed by atoms with van der Waals surface area (Å²) in [7, 11) is 4.41. The molecular weight excluding hydrogens is 392 g/mol. The van der Waals surface area contributed by atoms with Gasteiger partial charge in [0, 0.05) is 5.56 Å². The number of hydrazine groups is 1. The summed E-state index contributed by atoms with van der Waals surface area (Å²) in [6.07, 6.45) is -1.24. The van der Waals surface area contributed by atoms with Gasteiger partial charge in [-0.2, -0.15) is 0 Å². The Bertz CT molecular complexity index is 874. The van der Waals surface area contributed by atoms with E-state index in [0.29, 0.717) is 28.4 Å². The highest BCUT2D eigenvalue weighted by Crippen LogP contribution is 2.38. The number of methoxy groups -OCH3 is 3. The van der Waals surface area contributed by atoms with Gasteiger partial charge in [-0.25, -0.2) is 0 Å². The SMILES string of the molecule is COc1cc(CC(=O)O[C@@H](C)C(=O)NNC(=O)c2ccccc2)cc(OC)c1OC. The molecule has 0 aliphatic heterocycles. The minimum atomic E-state index is -1.12. The summed E-state index contributed by atoms with van der Waals surface area (Å²) in [5.41, 5.74) is 5.43. The zero-order chi connectivity index (χ0) is 22.1. The maximum absolute atomic E-state index is 12.2. The van der Waals surface area contributed by atoms with E-state index in [1.165, 1.54) is 28.3 Å².